The maximum absolute atomic E-state index is 13.3. The molecule has 0 spiro atoms. The van der Waals surface area contributed by atoms with Gasteiger partial charge in [-0.25, -0.2) is 17.6 Å². The van der Waals surface area contributed by atoms with Gasteiger partial charge in [-0.3, -0.25) is 4.31 Å². The Hall–Kier alpha value is -3.10. The van der Waals surface area contributed by atoms with E-state index in [1.54, 1.807) is 36.4 Å². The lowest BCUT2D eigenvalue weighted by atomic mass is 10.0. The van der Waals surface area contributed by atoms with Crippen molar-refractivity contribution in [3.8, 4) is 11.5 Å². The van der Waals surface area contributed by atoms with Gasteiger partial charge >= 0.3 is 5.97 Å². The van der Waals surface area contributed by atoms with E-state index in [4.69, 9.17) is 16.3 Å². The fraction of sp³-hybridized carbons (Fsp3) is 0.136. The highest BCUT2D eigenvalue weighted by molar-refractivity contribution is 7.92. The van der Waals surface area contributed by atoms with Crippen LogP contribution in [0.1, 0.15) is 5.56 Å². The fourth-order valence-electron chi connectivity index (χ4n) is 3.09. The van der Waals surface area contributed by atoms with Crippen molar-refractivity contribution in [1.82, 2.24) is 0 Å². The summed E-state index contributed by atoms with van der Waals surface area (Å²) in [4.78, 5) is 12.1. The number of carbonyl (C=O) groups is 1. The lowest BCUT2D eigenvalue weighted by molar-refractivity contribution is -0.138. The Bertz CT molecular complexity index is 1170. The van der Waals surface area contributed by atoms with Gasteiger partial charge in [-0.05, 0) is 60.2 Å². The number of aliphatic carboxylic acids is 1. The van der Waals surface area contributed by atoms with E-state index in [0.717, 1.165) is 22.7 Å². The van der Waals surface area contributed by atoms with Crippen molar-refractivity contribution >= 4 is 33.3 Å². The molecule has 0 aromatic heterocycles. The Morgan fingerprint density at radius 1 is 1.10 bits per heavy atom. The zero-order valence-corrected chi connectivity index (χ0v) is 18.0. The first-order chi connectivity index (χ1) is 14.6. The summed E-state index contributed by atoms with van der Waals surface area (Å²) < 4.78 is 45.0. The van der Waals surface area contributed by atoms with Crippen molar-refractivity contribution in [3.05, 3.63) is 89.2 Å². The summed E-state index contributed by atoms with van der Waals surface area (Å²) in [6.07, 6.45) is 0.661. The predicted octanol–water partition coefficient (Wildman–Crippen LogP) is 4.73. The van der Waals surface area contributed by atoms with E-state index in [9.17, 15) is 22.7 Å². The Labute approximate surface area is 184 Å². The number of ether oxygens (including phenoxy) is 1. The van der Waals surface area contributed by atoms with Crippen LogP contribution in [0.3, 0.4) is 0 Å². The molecule has 0 unspecified atom stereocenters. The molecule has 3 aromatic carbocycles. The minimum Gasteiger partial charge on any atom is -0.480 e. The van der Waals surface area contributed by atoms with Gasteiger partial charge in [0, 0.05) is 11.4 Å². The molecule has 0 bridgehead atoms. The third kappa shape index (κ3) is 5.74. The second-order valence-electron chi connectivity index (χ2n) is 6.76. The molecule has 0 fully saturated rings. The molecule has 0 aliphatic carbocycles. The summed E-state index contributed by atoms with van der Waals surface area (Å²) >= 11 is 6.11. The van der Waals surface area contributed by atoms with Crippen LogP contribution in [0, 0.1) is 5.82 Å². The lowest BCUT2D eigenvalue weighted by Gasteiger charge is -2.29. The highest BCUT2D eigenvalue weighted by Crippen LogP contribution is 2.31. The molecule has 0 saturated carbocycles. The molecular weight excluding hydrogens is 445 g/mol. The van der Waals surface area contributed by atoms with Crippen LogP contribution in [0.5, 0.6) is 11.5 Å². The number of carboxylic acid groups (broad SMARTS) is 1. The summed E-state index contributed by atoms with van der Waals surface area (Å²) in [6.45, 7) is 0. The largest absolute Gasteiger partial charge is 0.480 e. The monoisotopic (exact) mass is 463 g/mol. The quantitative estimate of drug-likeness (QED) is 0.522. The van der Waals surface area contributed by atoms with Crippen LogP contribution < -0.4 is 9.04 Å². The Morgan fingerprint density at radius 2 is 1.74 bits per heavy atom. The summed E-state index contributed by atoms with van der Waals surface area (Å²) in [5.41, 5.74) is 0.434. The van der Waals surface area contributed by atoms with Crippen LogP contribution in [0.4, 0.5) is 10.1 Å². The normalized spacial score (nSPS) is 12.2. The Kier molecular flexibility index (Phi) is 6.82. The molecule has 3 rings (SSSR count). The molecule has 0 heterocycles. The van der Waals surface area contributed by atoms with E-state index in [0.29, 0.717) is 22.1 Å². The van der Waals surface area contributed by atoms with E-state index >= 15 is 0 Å². The van der Waals surface area contributed by atoms with E-state index in [-0.39, 0.29) is 12.1 Å². The first-order valence-electron chi connectivity index (χ1n) is 9.14. The topological polar surface area (TPSA) is 83.9 Å². The zero-order valence-electron chi connectivity index (χ0n) is 16.4. The first-order valence-corrected chi connectivity index (χ1v) is 11.4. The number of carboxylic acids is 1. The fourth-order valence-corrected chi connectivity index (χ4v) is 4.42. The van der Waals surface area contributed by atoms with Crippen molar-refractivity contribution < 1.29 is 27.4 Å². The number of nitrogens with zero attached hydrogens (tertiary/aromatic N) is 1. The van der Waals surface area contributed by atoms with E-state index in [2.05, 4.69) is 0 Å². The summed E-state index contributed by atoms with van der Waals surface area (Å²) in [5.74, 6) is -1.08. The number of rotatable bonds is 8. The van der Waals surface area contributed by atoms with E-state index < -0.39 is 27.9 Å². The number of hydrogen-bond donors (Lipinski definition) is 1. The maximum Gasteiger partial charge on any atom is 0.327 e. The van der Waals surface area contributed by atoms with Crippen LogP contribution in [-0.4, -0.2) is 31.8 Å². The Balaban J connectivity index is 2.03. The van der Waals surface area contributed by atoms with Gasteiger partial charge in [0.25, 0.3) is 0 Å². The van der Waals surface area contributed by atoms with Crippen LogP contribution in [0.25, 0.3) is 0 Å². The summed E-state index contributed by atoms with van der Waals surface area (Å²) in [7, 11) is -4.02. The van der Waals surface area contributed by atoms with E-state index in [1.807, 2.05) is 6.07 Å². The van der Waals surface area contributed by atoms with Crippen LogP contribution in [-0.2, 0) is 21.2 Å². The molecule has 162 valence electrons. The molecule has 1 atom stereocenters. The van der Waals surface area contributed by atoms with Crippen LogP contribution >= 0.6 is 11.6 Å². The van der Waals surface area contributed by atoms with Gasteiger partial charge in [-0.1, -0.05) is 29.8 Å². The summed E-state index contributed by atoms with van der Waals surface area (Å²) in [5, 5.41) is 10.2. The SMILES string of the molecule is CS(=O)(=O)N(c1ccc(F)cc1)[C@@H](Cc1cc(Cl)ccc1Oc1ccccc1)C(=O)O. The third-order valence-corrected chi connectivity index (χ3v) is 5.83. The van der Waals surface area contributed by atoms with Gasteiger partial charge in [-0.15, -0.1) is 0 Å². The van der Waals surface area contributed by atoms with Gasteiger partial charge in [0.2, 0.25) is 10.0 Å². The highest BCUT2D eigenvalue weighted by Gasteiger charge is 2.33. The molecule has 31 heavy (non-hydrogen) atoms. The van der Waals surface area contributed by atoms with Crippen molar-refractivity contribution in [3.63, 3.8) is 0 Å². The van der Waals surface area contributed by atoms with Gasteiger partial charge in [0.1, 0.15) is 23.4 Å². The number of benzene rings is 3. The molecule has 1 N–H and O–H groups in total. The average Bonchev–Trinajstić information content (AvgIpc) is 2.70. The molecule has 6 nitrogen and oxygen atoms in total. The van der Waals surface area contributed by atoms with Gasteiger partial charge in [-0.2, -0.15) is 0 Å². The van der Waals surface area contributed by atoms with Crippen molar-refractivity contribution in [2.75, 3.05) is 10.6 Å². The van der Waals surface area contributed by atoms with E-state index in [1.165, 1.54) is 18.2 Å². The molecule has 3 aromatic rings. The third-order valence-electron chi connectivity index (χ3n) is 4.41. The molecule has 0 amide bonds. The van der Waals surface area contributed by atoms with Crippen molar-refractivity contribution in [1.29, 1.82) is 0 Å². The minimum atomic E-state index is -4.02. The van der Waals surface area contributed by atoms with Gasteiger partial charge in [0.15, 0.2) is 0 Å². The number of halogens is 2. The van der Waals surface area contributed by atoms with Gasteiger partial charge < -0.3 is 9.84 Å². The van der Waals surface area contributed by atoms with Crippen molar-refractivity contribution in [2.24, 2.45) is 0 Å². The second kappa shape index (κ2) is 9.36. The first kappa shape index (κ1) is 22.6. The second-order valence-corrected chi connectivity index (χ2v) is 9.06. The minimum absolute atomic E-state index is 0.0313. The van der Waals surface area contributed by atoms with Crippen LogP contribution in [0.15, 0.2) is 72.8 Å². The zero-order chi connectivity index (χ0) is 22.6. The summed E-state index contributed by atoms with van der Waals surface area (Å²) in [6, 6.07) is 16.6. The van der Waals surface area contributed by atoms with Crippen LogP contribution in [0.2, 0.25) is 5.02 Å². The molecular formula is C22H19ClFNO5S. The van der Waals surface area contributed by atoms with Gasteiger partial charge in [0.05, 0.1) is 11.9 Å². The predicted molar refractivity (Wildman–Crippen MR) is 117 cm³/mol. The standard InChI is InChI=1S/C22H19ClFNO5S/c1-31(28,29)25(18-10-8-17(24)9-11-18)20(22(26)27)14-15-13-16(23)7-12-21(15)30-19-5-3-2-4-6-19/h2-13,20H,14H2,1H3,(H,26,27)/t20-/m0/s1. The smallest absolute Gasteiger partial charge is 0.327 e. The lowest BCUT2D eigenvalue weighted by Crippen LogP contribution is -2.46. The molecule has 0 radical (unpaired) electrons. The van der Waals surface area contributed by atoms with Crippen molar-refractivity contribution in [2.45, 2.75) is 12.5 Å². The Morgan fingerprint density at radius 3 is 2.32 bits per heavy atom. The molecule has 0 aliphatic heterocycles. The number of sulfonamides is 1. The average molecular weight is 464 g/mol. The number of para-hydroxylation sites is 1. The molecule has 9 heteroatoms. The highest BCUT2D eigenvalue weighted by atomic mass is 35.5. The molecule has 0 saturated heterocycles. The number of anilines is 1. The molecule has 0 aliphatic rings. The maximum atomic E-state index is 13.3. The number of hydrogen-bond acceptors (Lipinski definition) is 4.